The summed E-state index contributed by atoms with van der Waals surface area (Å²) in [5.74, 6) is 0.519. The molecule has 1 atom stereocenters. The van der Waals surface area contributed by atoms with Crippen LogP contribution in [0.5, 0.6) is 11.5 Å². The molecular formula is C20H27NO6. The molecule has 0 saturated carbocycles. The maximum Gasteiger partial charge on any atom is 0.305 e. The van der Waals surface area contributed by atoms with Gasteiger partial charge in [-0.2, -0.15) is 0 Å². The first-order valence-corrected chi connectivity index (χ1v) is 9.61. The predicted molar refractivity (Wildman–Crippen MR) is 98.2 cm³/mol. The minimum absolute atomic E-state index is 0.0146. The van der Waals surface area contributed by atoms with Crippen LogP contribution in [0, 0.1) is 0 Å². The minimum atomic E-state index is -0.900. The molecule has 1 N–H and O–H groups in total. The van der Waals surface area contributed by atoms with Gasteiger partial charge in [-0.25, -0.2) is 0 Å². The van der Waals surface area contributed by atoms with Crippen LogP contribution in [0.2, 0.25) is 0 Å². The first-order valence-electron chi connectivity index (χ1n) is 9.61. The minimum Gasteiger partial charge on any atom is -0.490 e. The number of carbonyl (C=O) groups excluding carboxylic acids is 1. The molecule has 1 aromatic rings. The van der Waals surface area contributed by atoms with Crippen molar-refractivity contribution in [3.63, 3.8) is 0 Å². The fraction of sp³-hybridized carbons (Fsp3) is 0.600. The molecule has 1 saturated heterocycles. The summed E-state index contributed by atoms with van der Waals surface area (Å²) in [6.07, 6.45) is 3.62. The number of aliphatic carboxylic acids is 1. The second-order valence-corrected chi connectivity index (χ2v) is 6.95. The van der Waals surface area contributed by atoms with Crippen molar-refractivity contribution in [3.8, 4) is 11.5 Å². The van der Waals surface area contributed by atoms with Crippen molar-refractivity contribution < 1.29 is 28.9 Å². The second-order valence-electron chi connectivity index (χ2n) is 6.95. The van der Waals surface area contributed by atoms with E-state index in [1.54, 1.807) is 4.90 Å². The van der Waals surface area contributed by atoms with Crippen LogP contribution >= 0.6 is 0 Å². The summed E-state index contributed by atoms with van der Waals surface area (Å²) in [5.41, 5.74) is 1.00. The van der Waals surface area contributed by atoms with E-state index >= 15 is 0 Å². The van der Waals surface area contributed by atoms with Crippen molar-refractivity contribution in [2.45, 2.75) is 44.6 Å². The van der Waals surface area contributed by atoms with Crippen molar-refractivity contribution in [3.05, 3.63) is 23.8 Å². The number of aryl methyl sites for hydroxylation is 1. The van der Waals surface area contributed by atoms with Crippen LogP contribution < -0.4 is 9.47 Å². The number of nitrogens with zero attached hydrogens (tertiary/aromatic N) is 1. The summed E-state index contributed by atoms with van der Waals surface area (Å²) in [7, 11) is 0. The fourth-order valence-corrected chi connectivity index (χ4v) is 3.36. The van der Waals surface area contributed by atoms with Crippen molar-refractivity contribution in [2.24, 2.45) is 0 Å². The monoisotopic (exact) mass is 377 g/mol. The Hall–Kier alpha value is -2.28. The average molecular weight is 377 g/mol. The summed E-state index contributed by atoms with van der Waals surface area (Å²) < 4.78 is 16.9. The van der Waals surface area contributed by atoms with E-state index in [0.29, 0.717) is 39.2 Å². The van der Waals surface area contributed by atoms with Gasteiger partial charge in [0, 0.05) is 32.5 Å². The first kappa shape index (κ1) is 19.5. The van der Waals surface area contributed by atoms with Gasteiger partial charge in [0.15, 0.2) is 11.5 Å². The zero-order valence-electron chi connectivity index (χ0n) is 15.5. The number of rotatable bonds is 8. The van der Waals surface area contributed by atoms with E-state index in [4.69, 9.17) is 19.3 Å². The topological polar surface area (TPSA) is 85.3 Å². The SMILES string of the molecule is O=C(O)CCN(CC1CCCO1)C(=O)CCc1ccc2c(c1)OCCCO2. The summed E-state index contributed by atoms with van der Waals surface area (Å²) in [6, 6.07) is 5.76. The predicted octanol–water partition coefficient (Wildman–Crippen LogP) is 2.26. The summed E-state index contributed by atoms with van der Waals surface area (Å²) >= 11 is 0. The van der Waals surface area contributed by atoms with Crippen LogP contribution in [0.25, 0.3) is 0 Å². The molecular weight excluding hydrogens is 350 g/mol. The number of fused-ring (bicyclic) bond motifs is 1. The van der Waals surface area contributed by atoms with Crippen LogP contribution in [-0.4, -0.2) is 60.9 Å². The van der Waals surface area contributed by atoms with Gasteiger partial charge in [0.05, 0.1) is 25.7 Å². The number of carboxylic acids is 1. The van der Waals surface area contributed by atoms with Gasteiger partial charge in [-0.3, -0.25) is 9.59 Å². The molecule has 1 fully saturated rings. The average Bonchev–Trinajstić information content (AvgIpc) is 3.06. The van der Waals surface area contributed by atoms with E-state index in [0.717, 1.165) is 36.3 Å². The van der Waals surface area contributed by atoms with Crippen LogP contribution in [-0.2, 0) is 20.7 Å². The highest BCUT2D eigenvalue weighted by atomic mass is 16.5. The molecule has 27 heavy (non-hydrogen) atoms. The van der Waals surface area contributed by atoms with Gasteiger partial charge in [0.1, 0.15) is 0 Å². The number of benzene rings is 1. The zero-order chi connectivity index (χ0) is 19.1. The quantitative estimate of drug-likeness (QED) is 0.748. The van der Waals surface area contributed by atoms with E-state index in [1.807, 2.05) is 18.2 Å². The van der Waals surface area contributed by atoms with E-state index in [9.17, 15) is 9.59 Å². The Morgan fingerprint density at radius 2 is 1.89 bits per heavy atom. The Morgan fingerprint density at radius 3 is 2.63 bits per heavy atom. The van der Waals surface area contributed by atoms with Gasteiger partial charge < -0.3 is 24.2 Å². The third-order valence-corrected chi connectivity index (χ3v) is 4.84. The molecule has 1 aromatic carbocycles. The molecule has 0 spiro atoms. The van der Waals surface area contributed by atoms with Crippen LogP contribution in [0.1, 0.15) is 37.7 Å². The highest BCUT2D eigenvalue weighted by Gasteiger charge is 2.23. The molecule has 148 valence electrons. The lowest BCUT2D eigenvalue weighted by molar-refractivity contribution is -0.139. The molecule has 3 rings (SSSR count). The van der Waals surface area contributed by atoms with Gasteiger partial charge >= 0.3 is 5.97 Å². The molecule has 7 nitrogen and oxygen atoms in total. The number of ether oxygens (including phenoxy) is 3. The summed E-state index contributed by atoms with van der Waals surface area (Å²) in [4.78, 5) is 25.2. The van der Waals surface area contributed by atoms with Crippen molar-refractivity contribution >= 4 is 11.9 Å². The molecule has 0 aliphatic carbocycles. The fourth-order valence-electron chi connectivity index (χ4n) is 3.36. The standard InChI is InChI=1S/C20H27NO6/c22-19(21(9-8-20(23)24)14-16-3-1-10-25-16)7-5-15-4-6-17-18(13-15)27-12-2-11-26-17/h4,6,13,16H,1-3,5,7-12,14H2,(H,23,24). The lowest BCUT2D eigenvalue weighted by Gasteiger charge is -2.25. The maximum atomic E-state index is 12.7. The molecule has 0 aromatic heterocycles. The van der Waals surface area contributed by atoms with Crippen LogP contribution in [0.4, 0.5) is 0 Å². The Balaban J connectivity index is 1.57. The van der Waals surface area contributed by atoms with E-state index < -0.39 is 5.97 Å². The van der Waals surface area contributed by atoms with E-state index in [2.05, 4.69) is 0 Å². The molecule has 2 aliphatic rings. The third-order valence-electron chi connectivity index (χ3n) is 4.84. The largest absolute Gasteiger partial charge is 0.490 e. The Kier molecular flexibility index (Phi) is 6.92. The lowest BCUT2D eigenvalue weighted by Crippen LogP contribution is -2.38. The molecule has 2 heterocycles. The van der Waals surface area contributed by atoms with Gasteiger partial charge in [-0.1, -0.05) is 6.07 Å². The van der Waals surface area contributed by atoms with Crippen molar-refractivity contribution in [1.82, 2.24) is 4.90 Å². The number of hydrogen-bond donors (Lipinski definition) is 1. The first-order chi connectivity index (χ1) is 13.1. The van der Waals surface area contributed by atoms with Crippen LogP contribution in [0.3, 0.4) is 0 Å². The van der Waals surface area contributed by atoms with Gasteiger partial charge in [0.2, 0.25) is 5.91 Å². The molecule has 1 unspecified atom stereocenters. The normalized spacial score (nSPS) is 18.7. The summed E-state index contributed by atoms with van der Waals surface area (Å²) in [5, 5.41) is 8.95. The van der Waals surface area contributed by atoms with Gasteiger partial charge in [-0.05, 0) is 37.0 Å². The zero-order valence-corrected chi connectivity index (χ0v) is 15.5. The van der Waals surface area contributed by atoms with Crippen molar-refractivity contribution in [1.29, 1.82) is 0 Å². The van der Waals surface area contributed by atoms with Gasteiger partial charge in [0.25, 0.3) is 0 Å². The molecule has 1 amide bonds. The second kappa shape index (κ2) is 9.60. The Morgan fingerprint density at radius 1 is 1.07 bits per heavy atom. The van der Waals surface area contributed by atoms with E-state index in [1.165, 1.54) is 0 Å². The summed E-state index contributed by atoms with van der Waals surface area (Å²) in [6.45, 7) is 2.66. The van der Waals surface area contributed by atoms with Gasteiger partial charge in [-0.15, -0.1) is 0 Å². The number of carbonyl (C=O) groups is 2. The lowest BCUT2D eigenvalue weighted by atomic mass is 10.1. The van der Waals surface area contributed by atoms with Crippen molar-refractivity contribution in [2.75, 3.05) is 32.9 Å². The molecule has 0 bridgehead atoms. The number of hydrogen-bond acceptors (Lipinski definition) is 5. The number of amides is 1. The molecule has 2 aliphatic heterocycles. The number of carboxylic acid groups (broad SMARTS) is 1. The van der Waals surface area contributed by atoms with Crippen LogP contribution in [0.15, 0.2) is 18.2 Å². The highest BCUT2D eigenvalue weighted by Crippen LogP contribution is 2.30. The van der Waals surface area contributed by atoms with E-state index in [-0.39, 0.29) is 25.0 Å². The molecule has 7 heteroatoms. The highest BCUT2D eigenvalue weighted by molar-refractivity contribution is 5.77. The molecule has 0 radical (unpaired) electrons. The third kappa shape index (κ3) is 5.85. The Bertz CT molecular complexity index is 656. The maximum absolute atomic E-state index is 12.7. The Labute approximate surface area is 159 Å². The smallest absolute Gasteiger partial charge is 0.305 e.